The van der Waals surface area contributed by atoms with Gasteiger partial charge in [-0.2, -0.15) is 0 Å². The summed E-state index contributed by atoms with van der Waals surface area (Å²) in [5, 5.41) is 0. The van der Waals surface area contributed by atoms with E-state index in [-0.39, 0.29) is 5.41 Å². The Hall–Kier alpha value is -0.440. The van der Waals surface area contributed by atoms with Crippen LogP contribution < -0.4 is 0 Å². The molecule has 0 saturated carbocycles. The van der Waals surface area contributed by atoms with Crippen molar-refractivity contribution in [3.05, 3.63) is 0 Å². The highest BCUT2D eigenvalue weighted by Crippen LogP contribution is 2.21. The van der Waals surface area contributed by atoms with Gasteiger partial charge < -0.3 is 0 Å². The summed E-state index contributed by atoms with van der Waals surface area (Å²) in [4.78, 5) is 0. The van der Waals surface area contributed by atoms with Crippen molar-refractivity contribution in [2.24, 2.45) is 5.41 Å². The lowest BCUT2D eigenvalue weighted by molar-refractivity contribution is 0.437. The first-order valence-corrected chi connectivity index (χ1v) is 4.06. The molecule has 0 atom stereocenters. The molecule has 0 nitrogen and oxygen atoms in total. The SMILES string of the molecule is CC#CC(C)(C)CCCC. The number of unbranched alkanes of at least 4 members (excludes halogenated alkanes) is 1. The first-order valence-electron chi connectivity index (χ1n) is 4.06. The smallest absolute Gasteiger partial charge is 0.0258 e. The van der Waals surface area contributed by atoms with E-state index in [1.54, 1.807) is 0 Å². The Kier molecular flexibility index (Phi) is 4.19. The second-order valence-electron chi connectivity index (χ2n) is 3.36. The van der Waals surface area contributed by atoms with Gasteiger partial charge in [-0.25, -0.2) is 0 Å². The van der Waals surface area contributed by atoms with E-state index in [2.05, 4.69) is 32.6 Å². The summed E-state index contributed by atoms with van der Waals surface area (Å²) >= 11 is 0. The van der Waals surface area contributed by atoms with Crippen molar-refractivity contribution < 1.29 is 0 Å². The van der Waals surface area contributed by atoms with Gasteiger partial charge in [0.25, 0.3) is 0 Å². The van der Waals surface area contributed by atoms with E-state index < -0.39 is 0 Å². The molecule has 0 aliphatic rings. The lowest BCUT2D eigenvalue weighted by atomic mass is 9.88. The van der Waals surface area contributed by atoms with E-state index in [9.17, 15) is 0 Å². The van der Waals surface area contributed by atoms with Crippen molar-refractivity contribution in [3.63, 3.8) is 0 Å². The van der Waals surface area contributed by atoms with Crippen molar-refractivity contribution in [3.8, 4) is 11.8 Å². The molecule has 0 fully saturated rings. The largest absolute Gasteiger partial charge is 0.106 e. The molecule has 0 N–H and O–H groups in total. The van der Waals surface area contributed by atoms with Crippen molar-refractivity contribution in [1.29, 1.82) is 0 Å². The van der Waals surface area contributed by atoms with Crippen LogP contribution in [0.2, 0.25) is 0 Å². The minimum absolute atomic E-state index is 0.241. The first-order chi connectivity index (χ1) is 4.62. The van der Waals surface area contributed by atoms with Crippen molar-refractivity contribution in [2.75, 3.05) is 0 Å². The van der Waals surface area contributed by atoms with Gasteiger partial charge in [-0.3, -0.25) is 0 Å². The molecule has 0 amide bonds. The van der Waals surface area contributed by atoms with Crippen LogP contribution in [-0.2, 0) is 0 Å². The summed E-state index contributed by atoms with van der Waals surface area (Å²) in [6.07, 6.45) is 3.79. The molecule has 0 unspecified atom stereocenters. The van der Waals surface area contributed by atoms with Gasteiger partial charge >= 0.3 is 0 Å². The summed E-state index contributed by atoms with van der Waals surface area (Å²) in [6, 6.07) is 0. The van der Waals surface area contributed by atoms with E-state index in [1.165, 1.54) is 19.3 Å². The van der Waals surface area contributed by atoms with Gasteiger partial charge in [-0.1, -0.05) is 25.7 Å². The average molecular weight is 138 g/mol. The minimum Gasteiger partial charge on any atom is -0.106 e. The van der Waals surface area contributed by atoms with Crippen LogP contribution in [0.4, 0.5) is 0 Å². The summed E-state index contributed by atoms with van der Waals surface area (Å²) in [5.41, 5.74) is 0.241. The zero-order chi connectivity index (χ0) is 8.04. The van der Waals surface area contributed by atoms with Gasteiger partial charge in [0.05, 0.1) is 0 Å². The molecule has 0 bridgehead atoms. The van der Waals surface area contributed by atoms with Gasteiger partial charge in [0.2, 0.25) is 0 Å². The molecule has 0 aromatic heterocycles. The lowest BCUT2D eigenvalue weighted by Crippen LogP contribution is -2.07. The Bertz CT molecular complexity index is 132. The highest BCUT2D eigenvalue weighted by atomic mass is 14.1. The second-order valence-corrected chi connectivity index (χ2v) is 3.36. The van der Waals surface area contributed by atoms with Crippen LogP contribution in [0.5, 0.6) is 0 Å². The first kappa shape index (κ1) is 9.56. The highest BCUT2D eigenvalue weighted by Gasteiger charge is 2.11. The molecule has 0 rings (SSSR count). The van der Waals surface area contributed by atoms with Crippen LogP contribution in [0.3, 0.4) is 0 Å². The summed E-state index contributed by atoms with van der Waals surface area (Å²) in [5.74, 6) is 6.17. The van der Waals surface area contributed by atoms with Gasteiger partial charge in [0.1, 0.15) is 0 Å². The normalized spacial score (nSPS) is 10.4. The number of hydrogen-bond acceptors (Lipinski definition) is 0. The summed E-state index contributed by atoms with van der Waals surface area (Å²) < 4.78 is 0. The van der Waals surface area contributed by atoms with Crippen molar-refractivity contribution in [1.82, 2.24) is 0 Å². The quantitative estimate of drug-likeness (QED) is 0.525. The zero-order valence-electron chi connectivity index (χ0n) is 7.62. The predicted molar refractivity (Wildman–Crippen MR) is 46.8 cm³/mol. The fraction of sp³-hybridized carbons (Fsp3) is 0.800. The summed E-state index contributed by atoms with van der Waals surface area (Å²) in [7, 11) is 0. The molecule has 0 aromatic rings. The van der Waals surface area contributed by atoms with E-state index in [0.717, 1.165) is 0 Å². The Morgan fingerprint density at radius 1 is 1.30 bits per heavy atom. The third kappa shape index (κ3) is 4.44. The Morgan fingerprint density at radius 2 is 1.90 bits per heavy atom. The molecule has 0 saturated heterocycles. The van der Waals surface area contributed by atoms with Gasteiger partial charge in [-0.15, -0.1) is 5.92 Å². The van der Waals surface area contributed by atoms with E-state index >= 15 is 0 Å². The standard InChI is InChI=1S/C10H18/c1-5-7-9-10(3,4)8-6-2/h5,7,9H2,1-4H3. The van der Waals surface area contributed by atoms with Gasteiger partial charge in [-0.05, 0) is 27.2 Å². The molecule has 0 heterocycles. The van der Waals surface area contributed by atoms with Crippen LogP contribution in [0.1, 0.15) is 47.0 Å². The maximum absolute atomic E-state index is 3.21. The molecule has 58 valence electrons. The monoisotopic (exact) mass is 138 g/mol. The van der Waals surface area contributed by atoms with Crippen LogP contribution in [-0.4, -0.2) is 0 Å². The fourth-order valence-electron chi connectivity index (χ4n) is 1.02. The maximum atomic E-state index is 3.21. The Labute approximate surface area is 65.0 Å². The summed E-state index contributed by atoms with van der Waals surface area (Å²) in [6.45, 7) is 8.54. The second kappa shape index (κ2) is 4.39. The van der Waals surface area contributed by atoms with Crippen molar-refractivity contribution >= 4 is 0 Å². The van der Waals surface area contributed by atoms with Crippen LogP contribution in [0.25, 0.3) is 0 Å². The zero-order valence-corrected chi connectivity index (χ0v) is 7.62. The molecule has 10 heavy (non-hydrogen) atoms. The number of hydrogen-bond donors (Lipinski definition) is 0. The number of rotatable bonds is 3. The molecule has 0 radical (unpaired) electrons. The van der Waals surface area contributed by atoms with Gasteiger partial charge in [0, 0.05) is 5.41 Å². The third-order valence-corrected chi connectivity index (χ3v) is 1.62. The Balaban J connectivity index is 3.71. The van der Waals surface area contributed by atoms with Crippen LogP contribution in [0.15, 0.2) is 0 Å². The van der Waals surface area contributed by atoms with Gasteiger partial charge in [0.15, 0.2) is 0 Å². The Morgan fingerprint density at radius 3 is 2.30 bits per heavy atom. The molecule has 0 spiro atoms. The molecular weight excluding hydrogens is 120 g/mol. The molecular formula is C10H18. The van der Waals surface area contributed by atoms with E-state index in [4.69, 9.17) is 0 Å². The maximum Gasteiger partial charge on any atom is 0.0258 e. The topological polar surface area (TPSA) is 0 Å². The molecule has 0 aromatic carbocycles. The highest BCUT2D eigenvalue weighted by molar-refractivity contribution is 5.06. The van der Waals surface area contributed by atoms with Crippen molar-refractivity contribution in [2.45, 2.75) is 47.0 Å². The third-order valence-electron chi connectivity index (χ3n) is 1.62. The molecule has 0 aliphatic carbocycles. The lowest BCUT2D eigenvalue weighted by Gasteiger charge is -2.15. The molecule has 0 aliphatic heterocycles. The minimum atomic E-state index is 0.241. The fourth-order valence-corrected chi connectivity index (χ4v) is 1.02. The molecule has 0 heteroatoms. The van der Waals surface area contributed by atoms with Crippen LogP contribution in [0, 0.1) is 17.3 Å². The van der Waals surface area contributed by atoms with E-state index in [1.807, 2.05) is 6.92 Å². The van der Waals surface area contributed by atoms with Crippen LogP contribution >= 0.6 is 0 Å². The predicted octanol–water partition coefficient (Wildman–Crippen LogP) is 3.23. The average Bonchev–Trinajstić information content (AvgIpc) is 1.84. The van der Waals surface area contributed by atoms with E-state index in [0.29, 0.717) is 0 Å².